The van der Waals surface area contributed by atoms with Gasteiger partial charge in [-0.05, 0) is 23.9 Å². The predicted octanol–water partition coefficient (Wildman–Crippen LogP) is 3.10. The van der Waals surface area contributed by atoms with Gasteiger partial charge >= 0.3 is 0 Å². The molecule has 0 aromatic carbocycles. The molecule has 0 bridgehead atoms. The first-order chi connectivity index (χ1) is 8.25. The fraction of sp³-hybridized carbons (Fsp3) is 0.667. The lowest BCUT2D eigenvalue weighted by molar-refractivity contribution is 0.297. The maximum absolute atomic E-state index is 5.94. The van der Waals surface area contributed by atoms with E-state index in [0.29, 0.717) is 6.04 Å². The van der Waals surface area contributed by atoms with Gasteiger partial charge in [0.1, 0.15) is 0 Å². The Balaban J connectivity index is 1.67. The maximum atomic E-state index is 5.94. The molecule has 0 aliphatic carbocycles. The summed E-state index contributed by atoms with van der Waals surface area (Å²) in [5.41, 5.74) is 1.30. The monoisotopic (exact) mass is 290 g/mol. The number of rotatable bonds is 5. The summed E-state index contributed by atoms with van der Waals surface area (Å²) in [4.78, 5) is 2.54. The SMILES string of the molecule is CC(NCCN1CCSCC1)c1csc(Cl)c1. The third-order valence-corrected chi connectivity index (χ3v) is 5.12. The zero-order chi connectivity index (χ0) is 12.1. The van der Waals surface area contributed by atoms with Crippen molar-refractivity contribution in [2.45, 2.75) is 13.0 Å². The highest BCUT2D eigenvalue weighted by Crippen LogP contribution is 2.24. The van der Waals surface area contributed by atoms with E-state index >= 15 is 0 Å². The van der Waals surface area contributed by atoms with Gasteiger partial charge in [0.15, 0.2) is 0 Å². The Bertz CT molecular complexity index is 337. The average Bonchev–Trinajstić information content (AvgIpc) is 2.77. The molecule has 0 spiro atoms. The van der Waals surface area contributed by atoms with Gasteiger partial charge in [-0.3, -0.25) is 0 Å². The van der Waals surface area contributed by atoms with Crippen molar-refractivity contribution in [1.82, 2.24) is 10.2 Å². The molecule has 2 nitrogen and oxygen atoms in total. The number of halogens is 1. The second-order valence-corrected chi connectivity index (χ2v) is 7.08. The third kappa shape index (κ3) is 4.45. The second kappa shape index (κ2) is 7.00. The largest absolute Gasteiger partial charge is 0.309 e. The van der Waals surface area contributed by atoms with E-state index in [-0.39, 0.29) is 0 Å². The van der Waals surface area contributed by atoms with E-state index in [1.165, 1.54) is 30.2 Å². The van der Waals surface area contributed by atoms with Crippen molar-refractivity contribution in [2.24, 2.45) is 0 Å². The van der Waals surface area contributed by atoms with E-state index in [2.05, 4.69) is 40.3 Å². The van der Waals surface area contributed by atoms with Crippen molar-refractivity contribution in [3.63, 3.8) is 0 Å². The molecule has 1 aliphatic heterocycles. The fourth-order valence-corrected chi connectivity index (χ4v) is 3.90. The highest BCUT2D eigenvalue weighted by molar-refractivity contribution is 7.99. The minimum absolute atomic E-state index is 0.401. The Labute approximate surface area is 117 Å². The standard InChI is InChI=1S/C12H19ClN2S2/c1-10(11-8-12(13)17-9-11)14-2-3-15-4-6-16-7-5-15/h8-10,14H,2-7H2,1H3. The quantitative estimate of drug-likeness (QED) is 0.897. The van der Waals surface area contributed by atoms with Gasteiger partial charge < -0.3 is 10.2 Å². The van der Waals surface area contributed by atoms with Gasteiger partial charge in [-0.1, -0.05) is 11.6 Å². The minimum atomic E-state index is 0.401. The van der Waals surface area contributed by atoms with Crippen LogP contribution in [-0.2, 0) is 0 Å². The normalized spacial score (nSPS) is 19.4. The maximum Gasteiger partial charge on any atom is 0.0931 e. The Kier molecular flexibility index (Phi) is 5.63. The molecule has 96 valence electrons. The third-order valence-electron chi connectivity index (χ3n) is 3.07. The molecule has 0 radical (unpaired) electrons. The molecule has 2 heterocycles. The van der Waals surface area contributed by atoms with Gasteiger partial charge in [-0.2, -0.15) is 11.8 Å². The highest BCUT2D eigenvalue weighted by atomic mass is 35.5. The van der Waals surface area contributed by atoms with Crippen LogP contribution in [0.5, 0.6) is 0 Å². The van der Waals surface area contributed by atoms with Crippen LogP contribution in [0.1, 0.15) is 18.5 Å². The van der Waals surface area contributed by atoms with Gasteiger partial charge in [-0.15, -0.1) is 11.3 Å². The van der Waals surface area contributed by atoms with E-state index in [1.807, 2.05) is 0 Å². The lowest BCUT2D eigenvalue weighted by Crippen LogP contribution is -2.38. The molecule has 2 rings (SSSR count). The van der Waals surface area contributed by atoms with Crippen molar-refractivity contribution in [1.29, 1.82) is 0 Å². The molecule has 1 aromatic rings. The molecule has 0 amide bonds. The van der Waals surface area contributed by atoms with Crippen molar-refractivity contribution >= 4 is 34.7 Å². The van der Waals surface area contributed by atoms with Crippen molar-refractivity contribution in [2.75, 3.05) is 37.7 Å². The van der Waals surface area contributed by atoms with Crippen LogP contribution in [0, 0.1) is 0 Å². The van der Waals surface area contributed by atoms with Crippen molar-refractivity contribution < 1.29 is 0 Å². The van der Waals surface area contributed by atoms with E-state index in [1.54, 1.807) is 11.3 Å². The van der Waals surface area contributed by atoms with E-state index < -0.39 is 0 Å². The summed E-state index contributed by atoms with van der Waals surface area (Å²) in [7, 11) is 0. The lowest BCUT2D eigenvalue weighted by Gasteiger charge is -2.26. The number of nitrogens with zero attached hydrogens (tertiary/aromatic N) is 1. The summed E-state index contributed by atoms with van der Waals surface area (Å²) in [5.74, 6) is 2.57. The minimum Gasteiger partial charge on any atom is -0.309 e. The van der Waals surface area contributed by atoms with Gasteiger partial charge in [-0.25, -0.2) is 0 Å². The van der Waals surface area contributed by atoms with Gasteiger partial charge in [0, 0.05) is 43.7 Å². The number of thiophene rings is 1. The Morgan fingerprint density at radius 2 is 2.24 bits per heavy atom. The summed E-state index contributed by atoms with van der Waals surface area (Å²) in [6, 6.07) is 2.46. The van der Waals surface area contributed by atoms with Crippen LogP contribution in [0.25, 0.3) is 0 Å². The molecule has 1 unspecified atom stereocenters. The topological polar surface area (TPSA) is 15.3 Å². The van der Waals surface area contributed by atoms with Crippen molar-refractivity contribution in [3.8, 4) is 0 Å². The summed E-state index contributed by atoms with van der Waals surface area (Å²) in [6.07, 6.45) is 0. The van der Waals surface area contributed by atoms with Gasteiger partial charge in [0.05, 0.1) is 4.34 Å². The summed E-state index contributed by atoms with van der Waals surface area (Å²) in [6.45, 7) is 6.89. The number of thioether (sulfide) groups is 1. The van der Waals surface area contributed by atoms with Crippen LogP contribution in [0.3, 0.4) is 0 Å². The molecule has 1 aliphatic rings. The van der Waals surface area contributed by atoms with Crippen molar-refractivity contribution in [3.05, 3.63) is 21.3 Å². The summed E-state index contributed by atoms with van der Waals surface area (Å²) < 4.78 is 0.877. The molecule has 1 fully saturated rings. The fourth-order valence-electron chi connectivity index (χ4n) is 1.93. The van der Waals surface area contributed by atoms with E-state index in [0.717, 1.165) is 17.4 Å². The zero-order valence-corrected chi connectivity index (χ0v) is 12.5. The van der Waals surface area contributed by atoms with Crippen LogP contribution in [0.4, 0.5) is 0 Å². The molecule has 1 atom stereocenters. The molecule has 1 saturated heterocycles. The summed E-state index contributed by atoms with van der Waals surface area (Å²) >= 11 is 9.61. The Morgan fingerprint density at radius 3 is 2.88 bits per heavy atom. The van der Waals surface area contributed by atoms with Crippen LogP contribution < -0.4 is 5.32 Å². The Morgan fingerprint density at radius 1 is 1.47 bits per heavy atom. The molecule has 5 heteroatoms. The zero-order valence-electron chi connectivity index (χ0n) is 10.1. The molecule has 1 N–H and O–H groups in total. The lowest BCUT2D eigenvalue weighted by atomic mass is 10.2. The first kappa shape index (κ1) is 13.7. The molecular formula is C12H19ClN2S2. The first-order valence-corrected chi connectivity index (χ1v) is 8.44. The molecule has 0 saturated carbocycles. The summed E-state index contributed by atoms with van der Waals surface area (Å²) in [5, 5.41) is 5.70. The number of hydrogen-bond acceptors (Lipinski definition) is 4. The number of nitrogens with one attached hydrogen (secondary N) is 1. The van der Waals surface area contributed by atoms with Crippen LogP contribution in [0.2, 0.25) is 4.34 Å². The number of hydrogen-bond donors (Lipinski definition) is 1. The van der Waals surface area contributed by atoms with Crippen LogP contribution >= 0.6 is 34.7 Å². The molecular weight excluding hydrogens is 272 g/mol. The average molecular weight is 291 g/mol. The predicted molar refractivity (Wildman–Crippen MR) is 79.5 cm³/mol. The highest BCUT2D eigenvalue weighted by Gasteiger charge is 2.11. The second-order valence-electron chi connectivity index (χ2n) is 4.31. The van der Waals surface area contributed by atoms with Crippen LogP contribution in [0.15, 0.2) is 11.4 Å². The molecule has 1 aromatic heterocycles. The molecule has 17 heavy (non-hydrogen) atoms. The van der Waals surface area contributed by atoms with E-state index in [4.69, 9.17) is 11.6 Å². The Hall–Kier alpha value is 0.260. The first-order valence-electron chi connectivity index (χ1n) is 6.03. The van der Waals surface area contributed by atoms with Gasteiger partial charge in [0.25, 0.3) is 0 Å². The smallest absolute Gasteiger partial charge is 0.0931 e. The van der Waals surface area contributed by atoms with E-state index in [9.17, 15) is 0 Å². The van der Waals surface area contributed by atoms with Crippen LogP contribution in [-0.4, -0.2) is 42.6 Å². The van der Waals surface area contributed by atoms with Gasteiger partial charge in [0.2, 0.25) is 0 Å².